The molecule has 2 rings (SSSR count). The number of carbonyl (C=O) groups excluding carboxylic acids is 1. The first kappa shape index (κ1) is 13.7. The topological polar surface area (TPSA) is 44.7 Å². The Morgan fingerprint density at radius 3 is 2.83 bits per heavy atom. The summed E-state index contributed by atoms with van der Waals surface area (Å²) in [7, 11) is 0. The Bertz CT molecular complexity index is 324. The minimum atomic E-state index is 0.264. The number of amidine groups is 1. The summed E-state index contributed by atoms with van der Waals surface area (Å²) in [5, 5.41) is 4.44. The molecule has 0 aromatic heterocycles. The van der Waals surface area contributed by atoms with Crippen LogP contribution in [0.15, 0.2) is 4.99 Å². The second-order valence-electron chi connectivity index (χ2n) is 5.33. The Balaban J connectivity index is 1.70. The zero-order valence-electron chi connectivity index (χ0n) is 11.3. The first-order valence-corrected chi connectivity index (χ1v) is 7.87. The molecule has 0 aliphatic carbocycles. The molecule has 0 aromatic carbocycles. The molecule has 0 aromatic rings. The fourth-order valence-corrected chi connectivity index (χ4v) is 3.46. The number of aliphatic imine (C=N–C) groups is 1. The number of thioether (sulfide) groups is 1. The van der Waals surface area contributed by atoms with E-state index in [9.17, 15) is 4.79 Å². The van der Waals surface area contributed by atoms with Crippen LogP contribution in [0.2, 0.25) is 0 Å². The number of amides is 1. The van der Waals surface area contributed by atoms with Crippen molar-refractivity contribution in [1.82, 2.24) is 10.2 Å². The average Bonchev–Trinajstić information content (AvgIpc) is 3.00. The molecule has 1 atom stereocenters. The smallest absolute Gasteiger partial charge is 0.224 e. The summed E-state index contributed by atoms with van der Waals surface area (Å²) in [6, 6.07) is 0.531. The molecule has 0 radical (unpaired) electrons. The number of hydrogen-bond acceptors (Lipinski definition) is 3. The summed E-state index contributed by atoms with van der Waals surface area (Å²) in [6.45, 7) is 6.95. The molecule has 18 heavy (non-hydrogen) atoms. The van der Waals surface area contributed by atoms with Gasteiger partial charge >= 0.3 is 0 Å². The molecule has 5 heteroatoms. The summed E-state index contributed by atoms with van der Waals surface area (Å²) >= 11 is 1.78. The van der Waals surface area contributed by atoms with Gasteiger partial charge in [-0.05, 0) is 18.8 Å². The highest BCUT2D eigenvalue weighted by molar-refractivity contribution is 8.14. The van der Waals surface area contributed by atoms with E-state index >= 15 is 0 Å². The van der Waals surface area contributed by atoms with Gasteiger partial charge in [0.15, 0.2) is 5.17 Å². The van der Waals surface area contributed by atoms with Crippen molar-refractivity contribution in [3.05, 3.63) is 0 Å². The Kier molecular flexibility index (Phi) is 4.92. The van der Waals surface area contributed by atoms with Gasteiger partial charge in [0.1, 0.15) is 0 Å². The SMILES string of the molecule is CC(C)C1CSC(=NCCC(=O)N2CCCC2)N1. The van der Waals surface area contributed by atoms with Gasteiger partial charge in [0.05, 0.1) is 6.54 Å². The number of likely N-dealkylation sites (tertiary alicyclic amines) is 1. The van der Waals surface area contributed by atoms with Crippen LogP contribution in [0.4, 0.5) is 0 Å². The lowest BCUT2D eigenvalue weighted by Gasteiger charge is -2.14. The van der Waals surface area contributed by atoms with E-state index in [2.05, 4.69) is 24.2 Å². The Hall–Kier alpha value is -0.710. The van der Waals surface area contributed by atoms with Crippen molar-refractivity contribution in [2.75, 3.05) is 25.4 Å². The highest BCUT2D eigenvalue weighted by Crippen LogP contribution is 2.19. The standard InChI is InChI=1S/C13H23N3OS/c1-10(2)11-9-18-13(15-11)14-6-5-12(17)16-7-3-4-8-16/h10-11H,3-9H2,1-2H3,(H,14,15). The molecule has 0 bridgehead atoms. The van der Waals surface area contributed by atoms with Crippen molar-refractivity contribution in [2.45, 2.75) is 39.2 Å². The van der Waals surface area contributed by atoms with Gasteiger partial charge in [-0.25, -0.2) is 0 Å². The summed E-state index contributed by atoms with van der Waals surface area (Å²) < 4.78 is 0. The van der Waals surface area contributed by atoms with Gasteiger partial charge in [0.25, 0.3) is 0 Å². The quantitative estimate of drug-likeness (QED) is 0.845. The Labute approximate surface area is 114 Å². The summed E-state index contributed by atoms with van der Waals surface area (Å²) in [5.74, 6) is 1.99. The minimum absolute atomic E-state index is 0.264. The maximum Gasteiger partial charge on any atom is 0.224 e. The maximum atomic E-state index is 11.8. The third-order valence-corrected chi connectivity index (χ3v) is 4.60. The van der Waals surface area contributed by atoms with E-state index in [4.69, 9.17) is 0 Å². The molecule has 2 aliphatic rings. The van der Waals surface area contributed by atoms with Crippen molar-refractivity contribution in [1.29, 1.82) is 0 Å². The monoisotopic (exact) mass is 269 g/mol. The Morgan fingerprint density at radius 1 is 1.50 bits per heavy atom. The largest absolute Gasteiger partial charge is 0.361 e. The van der Waals surface area contributed by atoms with Gasteiger partial charge in [-0.15, -0.1) is 0 Å². The molecule has 2 fully saturated rings. The van der Waals surface area contributed by atoms with Crippen LogP contribution in [0.1, 0.15) is 33.1 Å². The lowest BCUT2D eigenvalue weighted by Crippen LogP contribution is -2.32. The Morgan fingerprint density at radius 2 is 2.22 bits per heavy atom. The first-order valence-electron chi connectivity index (χ1n) is 6.88. The van der Waals surface area contributed by atoms with Gasteiger partial charge in [-0.2, -0.15) is 0 Å². The lowest BCUT2D eigenvalue weighted by molar-refractivity contribution is -0.129. The normalized spacial score (nSPS) is 26.1. The van der Waals surface area contributed by atoms with E-state index in [0.717, 1.165) is 36.9 Å². The number of rotatable bonds is 4. The molecular formula is C13H23N3OS. The highest BCUT2D eigenvalue weighted by Gasteiger charge is 2.23. The van der Waals surface area contributed by atoms with E-state index in [-0.39, 0.29) is 5.91 Å². The van der Waals surface area contributed by atoms with E-state index < -0.39 is 0 Å². The van der Waals surface area contributed by atoms with Crippen molar-refractivity contribution in [2.24, 2.45) is 10.9 Å². The number of nitrogens with zero attached hydrogens (tertiary/aromatic N) is 2. The molecule has 1 N–H and O–H groups in total. The highest BCUT2D eigenvalue weighted by atomic mass is 32.2. The van der Waals surface area contributed by atoms with Crippen molar-refractivity contribution >= 4 is 22.8 Å². The molecule has 2 aliphatic heterocycles. The van der Waals surface area contributed by atoms with Gasteiger partial charge in [0, 0.05) is 31.3 Å². The molecular weight excluding hydrogens is 246 g/mol. The average molecular weight is 269 g/mol. The number of hydrogen-bond donors (Lipinski definition) is 1. The predicted molar refractivity (Wildman–Crippen MR) is 77.0 cm³/mol. The van der Waals surface area contributed by atoms with Crippen LogP contribution >= 0.6 is 11.8 Å². The summed E-state index contributed by atoms with van der Waals surface area (Å²) in [5.41, 5.74) is 0. The lowest BCUT2D eigenvalue weighted by atomic mass is 10.1. The first-order chi connectivity index (χ1) is 8.66. The molecule has 2 saturated heterocycles. The third kappa shape index (κ3) is 3.64. The predicted octanol–water partition coefficient (Wildman–Crippen LogP) is 1.72. The second-order valence-corrected chi connectivity index (χ2v) is 6.34. The molecule has 102 valence electrons. The molecule has 1 unspecified atom stereocenters. The summed E-state index contributed by atoms with van der Waals surface area (Å²) in [4.78, 5) is 18.3. The van der Waals surface area contributed by atoms with E-state index in [1.54, 1.807) is 11.8 Å². The van der Waals surface area contributed by atoms with Gasteiger partial charge < -0.3 is 10.2 Å². The van der Waals surface area contributed by atoms with Crippen molar-refractivity contribution < 1.29 is 4.79 Å². The van der Waals surface area contributed by atoms with E-state index in [0.29, 0.717) is 24.9 Å². The molecule has 1 amide bonds. The van der Waals surface area contributed by atoms with Crippen LogP contribution in [0.5, 0.6) is 0 Å². The minimum Gasteiger partial charge on any atom is -0.361 e. The van der Waals surface area contributed by atoms with Crippen molar-refractivity contribution in [3.63, 3.8) is 0 Å². The molecule has 2 heterocycles. The number of carbonyl (C=O) groups is 1. The number of nitrogens with one attached hydrogen (secondary N) is 1. The van der Waals surface area contributed by atoms with Crippen LogP contribution in [-0.2, 0) is 4.79 Å². The van der Waals surface area contributed by atoms with Crippen LogP contribution in [0.3, 0.4) is 0 Å². The third-order valence-electron chi connectivity index (χ3n) is 3.55. The van der Waals surface area contributed by atoms with Crippen LogP contribution in [0, 0.1) is 5.92 Å². The fourth-order valence-electron chi connectivity index (χ4n) is 2.24. The van der Waals surface area contributed by atoms with Gasteiger partial charge in [-0.1, -0.05) is 25.6 Å². The van der Waals surface area contributed by atoms with Crippen LogP contribution in [-0.4, -0.2) is 47.4 Å². The zero-order chi connectivity index (χ0) is 13.0. The van der Waals surface area contributed by atoms with E-state index in [1.165, 1.54) is 0 Å². The summed E-state index contributed by atoms with van der Waals surface area (Å²) in [6.07, 6.45) is 2.87. The van der Waals surface area contributed by atoms with Crippen LogP contribution in [0.25, 0.3) is 0 Å². The van der Waals surface area contributed by atoms with Crippen molar-refractivity contribution in [3.8, 4) is 0 Å². The molecule has 4 nitrogen and oxygen atoms in total. The second kappa shape index (κ2) is 6.45. The van der Waals surface area contributed by atoms with Crippen LogP contribution < -0.4 is 5.32 Å². The maximum absolute atomic E-state index is 11.8. The van der Waals surface area contributed by atoms with Gasteiger partial charge in [-0.3, -0.25) is 9.79 Å². The molecule has 0 spiro atoms. The van der Waals surface area contributed by atoms with E-state index in [1.807, 2.05) is 4.90 Å². The molecule has 0 saturated carbocycles. The van der Waals surface area contributed by atoms with Gasteiger partial charge in [0.2, 0.25) is 5.91 Å². The zero-order valence-corrected chi connectivity index (χ0v) is 12.1. The fraction of sp³-hybridized carbons (Fsp3) is 0.846.